The molecular weight excluding hydrogens is 272 g/mol. The van der Waals surface area contributed by atoms with Crippen molar-refractivity contribution in [1.82, 2.24) is 4.90 Å². The summed E-state index contributed by atoms with van der Waals surface area (Å²) in [7, 11) is 4.11. The highest BCUT2D eigenvalue weighted by Crippen LogP contribution is 2.25. The molecule has 116 valence electrons. The van der Waals surface area contributed by atoms with Gasteiger partial charge in [-0.1, -0.05) is 24.3 Å². The number of hydrogen-bond acceptors (Lipinski definition) is 3. The van der Waals surface area contributed by atoms with Gasteiger partial charge in [-0.15, -0.1) is 0 Å². The van der Waals surface area contributed by atoms with Crippen molar-refractivity contribution in [3.8, 4) is 16.9 Å². The number of anilines is 1. The van der Waals surface area contributed by atoms with Crippen LogP contribution in [0.4, 0.5) is 5.69 Å². The standard InChI is InChI=1S/C19H24N2O/c1-20-17-7-3-15(4-8-17)16-5-9-18(10-6-16)22-19-11-13-21(2)14-12-19/h3-10,19-20H,11-14H2,1-2H3. The van der Waals surface area contributed by atoms with Crippen LogP contribution in [0.3, 0.4) is 0 Å². The Morgan fingerprint density at radius 2 is 1.45 bits per heavy atom. The molecule has 0 radical (unpaired) electrons. The molecule has 0 amide bonds. The lowest BCUT2D eigenvalue weighted by atomic mass is 10.1. The highest BCUT2D eigenvalue weighted by Gasteiger charge is 2.17. The van der Waals surface area contributed by atoms with E-state index >= 15 is 0 Å². The molecule has 3 nitrogen and oxygen atoms in total. The summed E-state index contributed by atoms with van der Waals surface area (Å²) >= 11 is 0. The molecule has 2 aromatic rings. The van der Waals surface area contributed by atoms with Crippen LogP contribution in [0.1, 0.15) is 12.8 Å². The van der Waals surface area contributed by atoms with Gasteiger partial charge in [-0.2, -0.15) is 0 Å². The van der Waals surface area contributed by atoms with E-state index in [2.05, 4.69) is 65.8 Å². The number of rotatable bonds is 4. The van der Waals surface area contributed by atoms with E-state index in [1.807, 2.05) is 7.05 Å². The Morgan fingerprint density at radius 1 is 0.909 bits per heavy atom. The van der Waals surface area contributed by atoms with E-state index in [-0.39, 0.29) is 0 Å². The second kappa shape index (κ2) is 6.84. The van der Waals surface area contributed by atoms with E-state index in [0.717, 1.165) is 37.4 Å². The number of ether oxygens (including phenoxy) is 1. The van der Waals surface area contributed by atoms with E-state index in [9.17, 15) is 0 Å². The van der Waals surface area contributed by atoms with E-state index in [0.29, 0.717) is 6.10 Å². The molecule has 0 bridgehead atoms. The summed E-state index contributed by atoms with van der Waals surface area (Å²) in [5.41, 5.74) is 3.58. The van der Waals surface area contributed by atoms with Gasteiger partial charge in [0, 0.05) is 25.8 Å². The van der Waals surface area contributed by atoms with Gasteiger partial charge in [-0.25, -0.2) is 0 Å². The van der Waals surface area contributed by atoms with Crippen LogP contribution in [0.25, 0.3) is 11.1 Å². The first-order valence-electron chi connectivity index (χ1n) is 7.98. The van der Waals surface area contributed by atoms with Crippen LogP contribution in [-0.2, 0) is 0 Å². The number of hydrogen-bond donors (Lipinski definition) is 1. The van der Waals surface area contributed by atoms with Gasteiger partial charge in [0.2, 0.25) is 0 Å². The molecule has 22 heavy (non-hydrogen) atoms. The largest absolute Gasteiger partial charge is 0.490 e. The van der Waals surface area contributed by atoms with Crippen molar-refractivity contribution in [2.45, 2.75) is 18.9 Å². The van der Waals surface area contributed by atoms with Crippen molar-refractivity contribution < 1.29 is 4.74 Å². The monoisotopic (exact) mass is 296 g/mol. The molecule has 3 rings (SSSR count). The fraction of sp³-hybridized carbons (Fsp3) is 0.368. The van der Waals surface area contributed by atoms with E-state index in [1.54, 1.807) is 0 Å². The Kier molecular flexibility index (Phi) is 4.64. The fourth-order valence-corrected chi connectivity index (χ4v) is 2.85. The summed E-state index contributed by atoms with van der Waals surface area (Å²) in [6.45, 7) is 2.25. The second-order valence-electron chi connectivity index (χ2n) is 5.97. The van der Waals surface area contributed by atoms with Crippen molar-refractivity contribution in [2.24, 2.45) is 0 Å². The van der Waals surface area contributed by atoms with Gasteiger partial charge in [0.15, 0.2) is 0 Å². The van der Waals surface area contributed by atoms with Gasteiger partial charge in [0.05, 0.1) is 0 Å². The number of piperidine rings is 1. The third-order valence-electron chi connectivity index (χ3n) is 4.33. The molecule has 0 spiro atoms. The van der Waals surface area contributed by atoms with Gasteiger partial charge < -0.3 is 15.0 Å². The average Bonchev–Trinajstić information content (AvgIpc) is 2.58. The van der Waals surface area contributed by atoms with E-state index < -0.39 is 0 Å². The Labute approximate surface area is 132 Å². The van der Waals surface area contributed by atoms with Crippen molar-refractivity contribution in [2.75, 3.05) is 32.5 Å². The number of nitrogens with one attached hydrogen (secondary N) is 1. The molecule has 1 saturated heterocycles. The highest BCUT2D eigenvalue weighted by atomic mass is 16.5. The first-order valence-corrected chi connectivity index (χ1v) is 7.98. The summed E-state index contributed by atoms with van der Waals surface area (Å²) in [6.07, 6.45) is 2.59. The summed E-state index contributed by atoms with van der Waals surface area (Å²) in [6, 6.07) is 16.9. The van der Waals surface area contributed by atoms with Gasteiger partial charge in [-0.05, 0) is 55.3 Å². The Bertz CT molecular complexity index is 584. The van der Waals surface area contributed by atoms with Crippen molar-refractivity contribution in [3.63, 3.8) is 0 Å². The molecule has 1 N–H and O–H groups in total. The lowest BCUT2D eigenvalue weighted by molar-refractivity contribution is 0.114. The molecule has 3 heteroatoms. The van der Waals surface area contributed by atoms with Crippen LogP contribution in [0.5, 0.6) is 5.75 Å². The lowest BCUT2D eigenvalue weighted by Gasteiger charge is -2.29. The maximum Gasteiger partial charge on any atom is 0.119 e. The molecule has 0 saturated carbocycles. The summed E-state index contributed by atoms with van der Waals surface area (Å²) in [5, 5.41) is 3.14. The third kappa shape index (κ3) is 3.60. The zero-order chi connectivity index (χ0) is 15.4. The number of benzene rings is 2. The molecule has 2 aromatic carbocycles. The van der Waals surface area contributed by atoms with Gasteiger partial charge in [-0.3, -0.25) is 0 Å². The maximum absolute atomic E-state index is 6.09. The fourth-order valence-electron chi connectivity index (χ4n) is 2.85. The van der Waals surface area contributed by atoms with E-state index in [4.69, 9.17) is 4.74 Å². The predicted molar refractivity (Wildman–Crippen MR) is 92.6 cm³/mol. The topological polar surface area (TPSA) is 24.5 Å². The second-order valence-corrected chi connectivity index (χ2v) is 5.97. The Hall–Kier alpha value is -2.00. The average molecular weight is 296 g/mol. The summed E-state index contributed by atoms with van der Waals surface area (Å²) < 4.78 is 6.09. The molecule has 1 aliphatic heterocycles. The Balaban J connectivity index is 1.64. The molecule has 0 unspecified atom stereocenters. The van der Waals surface area contributed by atoms with Crippen LogP contribution in [0, 0.1) is 0 Å². The Morgan fingerprint density at radius 3 is 2.00 bits per heavy atom. The van der Waals surface area contributed by atoms with Crippen LogP contribution >= 0.6 is 0 Å². The molecule has 0 aromatic heterocycles. The molecule has 1 fully saturated rings. The SMILES string of the molecule is CNc1ccc(-c2ccc(OC3CCN(C)CC3)cc2)cc1. The smallest absolute Gasteiger partial charge is 0.119 e. The zero-order valence-corrected chi connectivity index (χ0v) is 13.4. The molecule has 0 atom stereocenters. The van der Waals surface area contributed by atoms with Crippen LogP contribution in [0.15, 0.2) is 48.5 Å². The van der Waals surface area contributed by atoms with E-state index in [1.165, 1.54) is 11.1 Å². The predicted octanol–water partition coefficient (Wildman–Crippen LogP) is 3.87. The first-order chi connectivity index (χ1) is 10.7. The minimum Gasteiger partial charge on any atom is -0.490 e. The van der Waals surface area contributed by atoms with Crippen LogP contribution in [-0.4, -0.2) is 38.2 Å². The van der Waals surface area contributed by atoms with Gasteiger partial charge >= 0.3 is 0 Å². The quantitative estimate of drug-likeness (QED) is 0.927. The molecule has 1 heterocycles. The maximum atomic E-state index is 6.09. The van der Waals surface area contributed by atoms with Crippen molar-refractivity contribution in [3.05, 3.63) is 48.5 Å². The van der Waals surface area contributed by atoms with Crippen molar-refractivity contribution >= 4 is 5.69 Å². The summed E-state index contributed by atoms with van der Waals surface area (Å²) in [4.78, 5) is 2.36. The normalized spacial score (nSPS) is 16.5. The van der Waals surface area contributed by atoms with Crippen LogP contribution < -0.4 is 10.1 Å². The number of nitrogens with zero attached hydrogens (tertiary/aromatic N) is 1. The van der Waals surface area contributed by atoms with Gasteiger partial charge in [0.1, 0.15) is 11.9 Å². The lowest BCUT2D eigenvalue weighted by Crippen LogP contribution is -2.35. The number of likely N-dealkylation sites (tertiary alicyclic amines) is 1. The van der Waals surface area contributed by atoms with Crippen molar-refractivity contribution in [1.29, 1.82) is 0 Å². The summed E-state index contributed by atoms with van der Waals surface area (Å²) in [5.74, 6) is 0.977. The third-order valence-corrected chi connectivity index (χ3v) is 4.33. The zero-order valence-electron chi connectivity index (χ0n) is 13.4. The minimum atomic E-state index is 0.358. The molecular formula is C19H24N2O. The highest BCUT2D eigenvalue weighted by molar-refractivity contribution is 5.66. The van der Waals surface area contributed by atoms with Gasteiger partial charge in [0.25, 0.3) is 0 Å². The minimum absolute atomic E-state index is 0.358. The first kappa shape index (κ1) is 14.9. The molecule has 0 aliphatic carbocycles. The van der Waals surface area contributed by atoms with Crippen LogP contribution in [0.2, 0.25) is 0 Å². The molecule has 1 aliphatic rings.